The Bertz CT molecular complexity index is 707. The van der Waals surface area contributed by atoms with Crippen molar-refractivity contribution in [1.29, 1.82) is 0 Å². The van der Waals surface area contributed by atoms with Gasteiger partial charge in [0.05, 0.1) is 5.69 Å². The number of fused-ring (bicyclic) bond motifs is 3. The van der Waals surface area contributed by atoms with Gasteiger partial charge in [0.15, 0.2) is 0 Å². The number of aryl methyl sites for hydroxylation is 2. The zero-order valence-electron chi connectivity index (χ0n) is 13.3. The highest BCUT2D eigenvalue weighted by molar-refractivity contribution is 5.75. The Morgan fingerprint density at radius 3 is 2.91 bits per heavy atom. The number of carbonyl (C=O) groups excluding carboxylic acids is 1. The zero-order chi connectivity index (χ0) is 15.8. The third-order valence-corrected chi connectivity index (χ3v) is 5.55. The van der Waals surface area contributed by atoms with E-state index >= 15 is 0 Å². The van der Waals surface area contributed by atoms with Gasteiger partial charge in [0.2, 0.25) is 5.91 Å². The molecular formula is C18H23N3O2. The van der Waals surface area contributed by atoms with Gasteiger partial charge in [0, 0.05) is 12.6 Å². The summed E-state index contributed by atoms with van der Waals surface area (Å²) < 4.78 is 1.32. The molecule has 3 aliphatic rings. The van der Waals surface area contributed by atoms with Crippen LogP contribution in [0.15, 0.2) is 23.0 Å². The number of allylic oxidation sites excluding steroid dienone is 2. The first-order valence-electron chi connectivity index (χ1n) is 8.74. The summed E-state index contributed by atoms with van der Waals surface area (Å²) in [5.41, 5.74) is 1.89. The average molecular weight is 313 g/mol. The summed E-state index contributed by atoms with van der Waals surface area (Å²) in [4.78, 5) is 24.3. The van der Waals surface area contributed by atoms with Crippen molar-refractivity contribution in [3.8, 4) is 0 Å². The number of aromatic nitrogens is 2. The van der Waals surface area contributed by atoms with E-state index in [0.717, 1.165) is 36.9 Å². The molecule has 3 aliphatic carbocycles. The summed E-state index contributed by atoms with van der Waals surface area (Å²) in [5, 5.41) is 7.40. The minimum atomic E-state index is -0.163. The van der Waals surface area contributed by atoms with Crippen molar-refractivity contribution < 1.29 is 4.79 Å². The van der Waals surface area contributed by atoms with Crippen LogP contribution in [0.3, 0.4) is 0 Å². The maximum Gasteiger partial charge on any atom is 0.267 e. The number of hydrogen-bond acceptors (Lipinski definition) is 3. The molecule has 1 saturated carbocycles. The molecule has 1 aromatic rings. The van der Waals surface area contributed by atoms with Crippen LogP contribution in [0, 0.1) is 17.8 Å². The van der Waals surface area contributed by atoms with E-state index in [2.05, 4.69) is 22.6 Å². The van der Waals surface area contributed by atoms with Crippen LogP contribution in [-0.2, 0) is 24.2 Å². The molecule has 5 heteroatoms. The summed E-state index contributed by atoms with van der Waals surface area (Å²) >= 11 is 0. The first-order valence-corrected chi connectivity index (χ1v) is 8.74. The predicted octanol–water partition coefficient (Wildman–Crippen LogP) is 1.45. The van der Waals surface area contributed by atoms with Crippen molar-refractivity contribution in [2.45, 2.75) is 45.1 Å². The SMILES string of the molecule is O=C(Cn1nc2c(cc1=O)CCCC2)NC[C@@H]1C[C@@H]2C=C[C@H]1C2. The lowest BCUT2D eigenvalue weighted by molar-refractivity contribution is -0.122. The van der Waals surface area contributed by atoms with Crippen molar-refractivity contribution in [1.82, 2.24) is 15.1 Å². The lowest BCUT2D eigenvalue weighted by Crippen LogP contribution is -2.37. The molecule has 1 N–H and O–H groups in total. The Hall–Kier alpha value is -1.91. The topological polar surface area (TPSA) is 64.0 Å². The molecule has 2 bridgehead atoms. The molecule has 1 heterocycles. The molecule has 0 aliphatic heterocycles. The summed E-state index contributed by atoms with van der Waals surface area (Å²) in [6, 6.07) is 1.66. The quantitative estimate of drug-likeness (QED) is 0.856. The maximum atomic E-state index is 12.2. The molecule has 1 fully saturated rings. The minimum absolute atomic E-state index is 0.0305. The van der Waals surface area contributed by atoms with Crippen molar-refractivity contribution in [2.24, 2.45) is 17.8 Å². The molecule has 1 amide bonds. The lowest BCUT2D eigenvalue weighted by Gasteiger charge is -2.19. The number of nitrogens with zero attached hydrogens (tertiary/aromatic N) is 2. The number of rotatable bonds is 4. The Morgan fingerprint density at radius 1 is 1.26 bits per heavy atom. The second kappa shape index (κ2) is 5.95. The first-order chi connectivity index (χ1) is 11.2. The van der Waals surface area contributed by atoms with E-state index in [9.17, 15) is 9.59 Å². The van der Waals surface area contributed by atoms with Gasteiger partial charge in [-0.25, -0.2) is 4.68 Å². The standard InChI is InChI=1S/C18H23N3O2/c22-17(19-10-15-8-12-5-6-13(15)7-12)11-21-18(23)9-14-3-1-2-4-16(14)20-21/h5-6,9,12-13,15H,1-4,7-8,10-11H2,(H,19,22)/t12-,13+,15+/m1/s1. The average Bonchev–Trinajstić information content (AvgIpc) is 3.16. The molecule has 1 aromatic heterocycles. The Kier molecular flexibility index (Phi) is 3.79. The summed E-state index contributed by atoms with van der Waals surface area (Å²) in [6.07, 6.45) is 11.1. The number of nitrogens with one attached hydrogen (secondary N) is 1. The largest absolute Gasteiger partial charge is 0.354 e. The van der Waals surface area contributed by atoms with Crippen LogP contribution in [0.5, 0.6) is 0 Å². The second-order valence-electron chi connectivity index (χ2n) is 7.16. The fraction of sp³-hybridized carbons (Fsp3) is 0.611. The van der Waals surface area contributed by atoms with E-state index in [1.807, 2.05) is 0 Å². The Balaban J connectivity index is 1.37. The highest BCUT2D eigenvalue weighted by Gasteiger charge is 2.35. The number of carbonyl (C=O) groups is 1. The molecule has 0 saturated heterocycles. The molecule has 0 unspecified atom stereocenters. The van der Waals surface area contributed by atoms with Crippen molar-refractivity contribution in [3.63, 3.8) is 0 Å². The van der Waals surface area contributed by atoms with Crippen LogP contribution in [0.1, 0.15) is 36.9 Å². The number of hydrogen-bond donors (Lipinski definition) is 1. The fourth-order valence-electron chi connectivity index (χ4n) is 4.28. The van der Waals surface area contributed by atoms with Gasteiger partial charge in [-0.15, -0.1) is 0 Å². The van der Waals surface area contributed by atoms with Crippen LogP contribution >= 0.6 is 0 Å². The molecule has 23 heavy (non-hydrogen) atoms. The molecule has 0 spiro atoms. The van der Waals surface area contributed by atoms with Gasteiger partial charge in [0.25, 0.3) is 5.56 Å². The molecular weight excluding hydrogens is 290 g/mol. The molecule has 122 valence electrons. The predicted molar refractivity (Wildman–Crippen MR) is 87.0 cm³/mol. The van der Waals surface area contributed by atoms with E-state index in [0.29, 0.717) is 24.3 Å². The van der Waals surface area contributed by atoms with Crippen molar-refractivity contribution >= 4 is 5.91 Å². The van der Waals surface area contributed by atoms with E-state index in [-0.39, 0.29) is 18.0 Å². The smallest absolute Gasteiger partial charge is 0.267 e. The zero-order valence-corrected chi connectivity index (χ0v) is 13.3. The van der Waals surface area contributed by atoms with Crippen LogP contribution < -0.4 is 10.9 Å². The highest BCUT2D eigenvalue weighted by atomic mass is 16.2. The summed E-state index contributed by atoms with van der Waals surface area (Å²) in [6.45, 7) is 0.743. The van der Waals surface area contributed by atoms with Gasteiger partial charge in [0.1, 0.15) is 6.54 Å². The van der Waals surface area contributed by atoms with Crippen molar-refractivity contribution in [2.75, 3.05) is 6.54 Å². The van der Waals surface area contributed by atoms with Crippen LogP contribution in [0.4, 0.5) is 0 Å². The highest BCUT2D eigenvalue weighted by Crippen LogP contribution is 2.42. The van der Waals surface area contributed by atoms with Gasteiger partial charge in [-0.3, -0.25) is 9.59 Å². The Labute approximate surface area is 135 Å². The van der Waals surface area contributed by atoms with Crippen molar-refractivity contribution in [3.05, 3.63) is 39.8 Å². The second-order valence-corrected chi connectivity index (χ2v) is 7.16. The third kappa shape index (κ3) is 2.96. The molecule has 0 radical (unpaired) electrons. The van der Waals surface area contributed by atoms with Crippen LogP contribution in [0.2, 0.25) is 0 Å². The monoisotopic (exact) mass is 313 g/mol. The molecule has 0 aromatic carbocycles. The summed E-state index contributed by atoms with van der Waals surface area (Å²) in [7, 11) is 0. The fourth-order valence-corrected chi connectivity index (χ4v) is 4.28. The van der Waals surface area contributed by atoms with Gasteiger partial charge in [-0.2, -0.15) is 5.10 Å². The molecule has 3 atom stereocenters. The molecule has 5 nitrogen and oxygen atoms in total. The number of amides is 1. The Morgan fingerprint density at radius 2 is 2.13 bits per heavy atom. The van der Waals surface area contributed by atoms with Gasteiger partial charge < -0.3 is 5.32 Å². The van der Waals surface area contributed by atoms with Gasteiger partial charge >= 0.3 is 0 Å². The van der Waals surface area contributed by atoms with E-state index in [1.54, 1.807) is 6.07 Å². The third-order valence-electron chi connectivity index (χ3n) is 5.55. The minimum Gasteiger partial charge on any atom is -0.354 e. The maximum absolute atomic E-state index is 12.2. The van der Waals surface area contributed by atoms with E-state index in [1.165, 1.54) is 17.5 Å². The van der Waals surface area contributed by atoms with Gasteiger partial charge in [-0.1, -0.05) is 12.2 Å². The van der Waals surface area contributed by atoms with Crippen LogP contribution in [-0.4, -0.2) is 22.2 Å². The first kappa shape index (κ1) is 14.7. The van der Waals surface area contributed by atoms with E-state index < -0.39 is 0 Å². The molecule has 4 rings (SSSR count). The van der Waals surface area contributed by atoms with E-state index in [4.69, 9.17) is 0 Å². The van der Waals surface area contributed by atoms with Gasteiger partial charge in [-0.05, 0) is 61.8 Å². The lowest BCUT2D eigenvalue weighted by atomic mass is 9.94. The summed E-state index contributed by atoms with van der Waals surface area (Å²) in [5.74, 6) is 1.79. The normalized spacial score (nSPS) is 27.9. The van der Waals surface area contributed by atoms with Crippen LogP contribution in [0.25, 0.3) is 0 Å².